The number of rotatable bonds is 3. The van der Waals surface area contributed by atoms with Gasteiger partial charge in [0.2, 0.25) is 0 Å². The standard InChI is InChI=1S/C14H10BrClO2/c1-18-13-5-3-2-4-10(13)14(17)11-8-9(16)6-7-12(11)15/h2-8H,1H3. The molecule has 0 atom stereocenters. The predicted octanol–water partition coefficient (Wildman–Crippen LogP) is 4.34. The summed E-state index contributed by atoms with van der Waals surface area (Å²) in [5, 5.41) is 0.524. The van der Waals surface area contributed by atoms with Crippen LogP contribution in [0.15, 0.2) is 46.9 Å². The highest BCUT2D eigenvalue weighted by Crippen LogP contribution is 2.27. The van der Waals surface area contributed by atoms with Crippen LogP contribution in [-0.2, 0) is 0 Å². The molecule has 0 radical (unpaired) electrons. The normalized spacial score (nSPS) is 10.2. The summed E-state index contributed by atoms with van der Waals surface area (Å²) in [7, 11) is 1.54. The van der Waals surface area contributed by atoms with E-state index in [0.29, 0.717) is 26.4 Å². The number of hydrogen-bond acceptors (Lipinski definition) is 2. The van der Waals surface area contributed by atoms with Gasteiger partial charge >= 0.3 is 0 Å². The maximum Gasteiger partial charge on any atom is 0.197 e. The fourth-order valence-electron chi connectivity index (χ4n) is 1.65. The molecule has 0 unspecified atom stereocenters. The van der Waals surface area contributed by atoms with Crippen molar-refractivity contribution in [1.82, 2.24) is 0 Å². The largest absolute Gasteiger partial charge is 0.496 e. The lowest BCUT2D eigenvalue weighted by atomic mass is 10.0. The van der Waals surface area contributed by atoms with E-state index in [9.17, 15) is 4.79 Å². The van der Waals surface area contributed by atoms with Gasteiger partial charge in [-0.25, -0.2) is 0 Å². The molecule has 0 aliphatic rings. The van der Waals surface area contributed by atoms with Gasteiger partial charge in [-0.1, -0.05) is 39.7 Å². The van der Waals surface area contributed by atoms with Crippen LogP contribution in [-0.4, -0.2) is 12.9 Å². The minimum Gasteiger partial charge on any atom is -0.496 e. The molecule has 4 heteroatoms. The van der Waals surface area contributed by atoms with Gasteiger partial charge < -0.3 is 4.74 Å². The van der Waals surface area contributed by atoms with E-state index in [1.807, 2.05) is 6.07 Å². The topological polar surface area (TPSA) is 26.3 Å². The van der Waals surface area contributed by atoms with Gasteiger partial charge in [-0.15, -0.1) is 0 Å². The molecule has 0 aliphatic heterocycles. The molecule has 0 saturated carbocycles. The van der Waals surface area contributed by atoms with Crippen LogP contribution in [0.4, 0.5) is 0 Å². The van der Waals surface area contributed by atoms with E-state index < -0.39 is 0 Å². The second kappa shape index (κ2) is 5.55. The number of hydrogen-bond donors (Lipinski definition) is 0. The fraction of sp³-hybridized carbons (Fsp3) is 0.0714. The molecule has 0 aromatic heterocycles. The van der Waals surface area contributed by atoms with Crippen LogP contribution in [0.5, 0.6) is 5.75 Å². The summed E-state index contributed by atoms with van der Waals surface area (Å²) in [6, 6.07) is 12.2. The molecule has 0 amide bonds. The monoisotopic (exact) mass is 324 g/mol. The Kier molecular flexibility index (Phi) is 4.04. The average molecular weight is 326 g/mol. The number of benzene rings is 2. The van der Waals surface area contributed by atoms with Gasteiger partial charge in [-0.3, -0.25) is 4.79 Å². The lowest BCUT2D eigenvalue weighted by Crippen LogP contribution is -2.04. The summed E-state index contributed by atoms with van der Waals surface area (Å²) in [4.78, 5) is 12.4. The van der Waals surface area contributed by atoms with Crippen molar-refractivity contribution in [2.24, 2.45) is 0 Å². The number of halogens is 2. The summed E-state index contributed by atoms with van der Waals surface area (Å²) in [6.45, 7) is 0. The molecule has 0 heterocycles. The number of methoxy groups -OCH3 is 1. The quantitative estimate of drug-likeness (QED) is 0.785. The first-order valence-corrected chi connectivity index (χ1v) is 6.43. The van der Waals surface area contributed by atoms with Crippen molar-refractivity contribution >= 4 is 33.3 Å². The molecule has 2 aromatic carbocycles. The van der Waals surface area contributed by atoms with Crippen LogP contribution in [0.3, 0.4) is 0 Å². The van der Waals surface area contributed by atoms with Crippen molar-refractivity contribution in [2.45, 2.75) is 0 Å². The zero-order valence-electron chi connectivity index (χ0n) is 9.61. The van der Waals surface area contributed by atoms with Gasteiger partial charge in [-0.05, 0) is 30.3 Å². The number of ether oxygens (including phenoxy) is 1. The van der Waals surface area contributed by atoms with Crippen LogP contribution in [0, 0.1) is 0 Å². The van der Waals surface area contributed by atoms with E-state index >= 15 is 0 Å². The van der Waals surface area contributed by atoms with Crippen LogP contribution in [0.2, 0.25) is 5.02 Å². The van der Waals surface area contributed by atoms with Crippen molar-refractivity contribution in [1.29, 1.82) is 0 Å². The molecular weight excluding hydrogens is 316 g/mol. The van der Waals surface area contributed by atoms with Crippen molar-refractivity contribution in [3.05, 3.63) is 63.1 Å². The van der Waals surface area contributed by atoms with Crippen molar-refractivity contribution < 1.29 is 9.53 Å². The number of ketones is 1. The van der Waals surface area contributed by atoms with E-state index in [4.69, 9.17) is 16.3 Å². The molecular formula is C14H10BrClO2. The third-order valence-electron chi connectivity index (χ3n) is 2.52. The minimum atomic E-state index is -0.123. The van der Waals surface area contributed by atoms with Crippen molar-refractivity contribution in [3.63, 3.8) is 0 Å². The Bertz CT molecular complexity index is 596. The molecule has 0 aliphatic carbocycles. The van der Waals surface area contributed by atoms with Gasteiger partial charge in [0.25, 0.3) is 0 Å². The molecule has 0 bridgehead atoms. The van der Waals surface area contributed by atoms with E-state index in [1.54, 1.807) is 43.5 Å². The number of carbonyl (C=O) groups excluding carboxylic acids is 1. The highest BCUT2D eigenvalue weighted by molar-refractivity contribution is 9.10. The average Bonchev–Trinajstić information content (AvgIpc) is 2.40. The molecule has 2 aromatic rings. The zero-order chi connectivity index (χ0) is 13.1. The maximum absolute atomic E-state index is 12.4. The zero-order valence-corrected chi connectivity index (χ0v) is 12.0. The third-order valence-corrected chi connectivity index (χ3v) is 3.45. The first kappa shape index (κ1) is 13.1. The number of para-hydroxylation sites is 1. The highest BCUT2D eigenvalue weighted by Gasteiger charge is 2.16. The molecule has 0 saturated heterocycles. The highest BCUT2D eigenvalue weighted by atomic mass is 79.9. The Balaban J connectivity index is 2.51. The van der Waals surface area contributed by atoms with E-state index in [1.165, 1.54) is 0 Å². The smallest absolute Gasteiger partial charge is 0.197 e. The Morgan fingerprint density at radius 3 is 2.61 bits per heavy atom. The Morgan fingerprint density at radius 2 is 1.89 bits per heavy atom. The summed E-state index contributed by atoms with van der Waals surface area (Å²) in [5.41, 5.74) is 1.04. The van der Waals surface area contributed by atoms with Crippen molar-refractivity contribution in [3.8, 4) is 5.75 Å². The van der Waals surface area contributed by atoms with Gasteiger partial charge in [-0.2, -0.15) is 0 Å². The van der Waals surface area contributed by atoms with Crippen molar-refractivity contribution in [2.75, 3.05) is 7.11 Å². The lowest BCUT2D eigenvalue weighted by molar-refractivity contribution is 0.103. The molecule has 0 fully saturated rings. The molecule has 0 spiro atoms. The maximum atomic E-state index is 12.4. The summed E-state index contributed by atoms with van der Waals surface area (Å²) < 4.78 is 5.90. The molecule has 0 N–H and O–H groups in total. The van der Waals surface area contributed by atoms with Gasteiger partial charge in [0, 0.05) is 15.1 Å². The Hall–Kier alpha value is -1.32. The minimum absolute atomic E-state index is 0.123. The SMILES string of the molecule is COc1ccccc1C(=O)c1cc(Cl)ccc1Br. The first-order chi connectivity index (χ1) is 8.63. The summed E-state index contributed by atoms with van der Waals surface area (Å²) in [5.74, 6) is 0.427. The fourth-order valence-corrected chi connectivity index (χ4v) is 2.25. The Morgan fingerprint density at radius 1 is 1.17 bits per heavy atom. The molecule has 2 rings (SSSR count). The van der Waals surface area contributed by atoms with Crippen LogP contribution in [0.1, 0.15) is 15.9 Å². The summed E-state index contributed by atoms with van der Waals surface area (Å²) >= 11 is 9.27. The van der Waals surface area contributed by atoms with Gasteiger partial charge in [0.1, 0.15) is 5.75 Å². The van der Waals surface area contributed by atoms with Crippen LogP contribution < -0.4 is 4.74 Å². The Labute approximate surface area is 119 Å². The number of carbonyl (C=O) groups is 1. The first-order valence-electron chi connectivity index (χ1n) is 5.26. The second-order valence-corrected chi connectivity index (χ2v) is 4.94. The van der Waals surface area contributed by atoms with Gasteiger partial charge in [0.05, 0.1) is 12.7 Å². The summed E-state index contributed by atoms with van der Waals surface area (Å²) in [6.07, 6.45) is 0. The van der Waals surface area contributed by atoms with E-state index in [-0.39, 0.29) is 5.78 Å². The molecule has 18 heavy (non-hydrogen) atoms. The van der Waals surface area contributed by atoms with E-state index in [0.717, 1.165) is 0 Å². The molecule has 2 nitrogen and oxygen atoms in total. The second-order valence-electron chi connectivity index (χ2n) is 3.65. The van der Waals surface area contributed by atoms with Crippen LogP contribution >= 0.6 is 27.5 Å². The third kappa shape index (κ3) is 2.57. The predicted molar refractivity (Wildman–Crippen MR) is 75.6 cm³/mol. The van der Waals surface area contributed by atoms with E-state index in [2.05, 4.69) is 15.9 Å². The van der Waals surface area contributed by atoms with Gasteiger partial charge in [0.15, 0.2) is 5.78 Å². The van der Waals surface area contributed by atoms with Crippen LogP contribution in [0.25, 0.3) is 0 Å². The lowest BCUT2D eigenvalue weighted by Gasteiger charge is -2.08. The molecule has 92 valence electrons.